The van der Waals surface area contributed by atoms with Crippen molar-refractivity contribution in [1.29, 1.82) is 0 Å². The van der Waals surface area contributed by atoms with Crippen LogP contribution in [-0.4, -0.2) is 72.5 Å². The van der Waals surface area contributed by atoms with Gasteiger partial charge in [0.05, 0.1) is 6.54 Å². The summed E-state index contributed by atoms with van der Waals surface area (Å²) in [7, 11) is 0. The standard InChI is InChI=1S/C15H26F3N3O2/c1-2-14(11-22)4-7-21(8-5-14)13(23)19-12-3-6-20(9-12)10-15(16,17)18/h12,22H,2-11H2,1H3,(H,19,23). The molecular weight excluding hydrogens is 311 g/mol. The average Bonchev–Trinajstić information content (AvgIpc) is 2.92. The molecule has 0 bridgehead atoms. The summed E-state index contributed by atoms with van der Waals surface area (Å²) in [6.45, 7) is 3.02. The molecule has 2 saturated heterocycles. The quantitative estimate of drug-likeness (QED) is 0.823. The Kier molecular flexibility index (Phi) is 5.78. The van der Waals surface area contributed by atoms with E-state index in [0.717, 1.165) is 19.3 Å². The smallest absolute Gasteiger partial charge is 0.396 e. The molecule has 8 heteroatoms. The summed E-state index contributed by atoms with van der Waals surface area (Å²) in [6.07, 6.45) is -1.24. The van der Waals surface area contributed by atoms with Gasteiger partial charge in [0.2, 0.25) is 0 Å². The van der Waals surface area contributed by atoms with Crippen molar-refractivity contribution in [3.8, 4) is 0 Å². The minimum Gasteiger partial charge on any atom is -0.396 e. The maximum absolute atomic E-state index is 12.4. The normalized spacial score (nSPS) is 25.6. The second kappa shape index (κ2) is 7.25. The Hall–Kier alpha value is -1.02. The lowest BCUT2D eigenvalue weighted by Crippen LogP contribution is -2.51. The topological polar surface area (TPSA) is 55.8 Å². The van der Waals surface area contributed by atoms with E-state index in [1.165, 1.54) is 4.90 Å². The van der Waals surface area contributed by atoms with Crippen molar-refractivity contribution in [1.82, 2.24) is 15.1 Å². The number of nitrogens with zero attached hydrogens (tertiary/aromatic N) is 2. The predicted octanol–water partition coefficient (Wildman–Crippen LogP) is 1.82. The molecule has 2 aliphatic heterocycles. The maximum Gasteiger partial charge on any atom is 0.401 e. The zero-order chi connectivity index (χ0) is 17.1. The summed E-state index contributed by atoms with van der Waals surface area (Å²) in [4.78, 5) is 15.3. The Balaban J connectivity index is 1.76. The van der Waals surface area contributed by atoms with E-state index >= 15 is 0 Å². The van der Waals surface area contributed by atoms with Gasteiger partial charge in [0.15, 0.2) is 0 Å². The number of aliphatic hydroxyl groups excluding tert-OH is 1. The van der Waals surface area contributed by atoms with Crippen LogP contribution in [0.4, 0.5) is 18.0 Å². The first kappa shape index (κ1) is 18.3. The Morgan fingerprint density at radius 1 is 1.30 bits per heavy atom. The number of aliphatic hydroxyl groups is 1. The fraction of sp³-hybridized carbons (Fsp3) is 0.933. The van der Waals surface area contributed by atoms with Crippen molar-refractivity contribution in [3.05, 3.63) is 0 Å². The van der Waals surface area contributed by atoms with Crippen molar-refractivity contribution < 1.29 is 23.1 Å². The zero-order valence-corrected chi connectivity index (χ0v) is 13.5. The molecule has 2 aliphatic rings. The van der Waals surface area contributed by atoms with Crippen LogP contribution in [0.3, 0.4) is 0 Å². The van der Waals surface area contributed by atoms with Gasteiger partial charge in [-0.15, -0.1) is 0 Å². The minimum absolute atomic E-state index is 0.0896. The fourth-order valence-corrected chi connectivity index (χ4v) is 3.42. The molecule has 0 aromatic carbocycles. The van der Waals surface area contributed by atoms with Gasteiger partial charge in [-0.1, -0.05) is 6.92 Å². The Bertz CT molecular complexity index is 403. The molecule has 1 unspecified atom stereocenters. The second-order valence-corrected chi connectivity index (χ2v) is 6.78. The van der Waals surface area contributed by atoms with E-state index in [1.807, 2.05) is 6.92 Å². The number of hydrogen-bond donors (Lipinski definition) is 2. The molecule has 0 aromatic heterocycles. The van der Waals surface area contributed by atoms with Crippen LogP contribution >= 0.6 is 0 Å². The zero-order valence-electron chi connectivity index (χ0n) is 13.5. The van der Waals surface area contributed by atoms with Crippen LogP contribution in [0.15, 0.2) is 0 Å². The number of urea groups is 1. The number of carbonyl (C=O) groups is 1. The molecule has 1 atom stereocenters. The highest BCUT2D eigenvalue weighted by Gasteiger charge is 2.37. The van der Waals surface area contributed by atoms with Crippen molar-refractivity contribution in [3.63, 3.8) is 0 Å². The largest absolute Gasteiger partial charge is 0.401 e. The number of amides is 2. The second-order valence-electron chi connectivity index (χ2n) is 6.78. The van der Waals surface area contributed by atoms with E-state index in [0.29, 0.717) is 26.1 Å². The summed E-state index contributed by atoms with van der Waals surface area (Å²) in [5, 5.41) is 12.3. The number of carbonyl (C=O) groups excluding carboxylic acids is 1. The number of nitrogens with one attached hydrogen (secondary N) is 1. The summed E-state index contributed by atoms with van der Waals surface area (Å²) in [5.41, 5.74) is -0.0896. The van der Waals surface area contributed by atoms with E-state index in [2.05, 4.69) is 5.32 Å². The molecule has 0 aromatic rings. The Morgan fingerprint density at radius 3 is 2.48 bits per heavy atom. The fourth-order valence-electron chi connectivity index (χ4n) is 3.42. The van der Waals surface area contributed by atoms with Gasteiger partial charge in [-0.25, -0.2) is 4.79 Å². The molecule has 0 radical (unpaired) electrons. The van der Waals surface area contributed by atoms with Crippen molar-refractivity contribution >= 4 is 6.03 Å². The van der Waals surface area contributed by atoms with Crippen molar-refractivity contribution in [2.75, 3.05) is 39.3 Å². The molecule has 5 nitrogen and oxygen atoms in total. The van der Waals surface area contributed by atoms with E-state index in [1.54, 1.807) is 4.90 Å². The highest BCUT2D eigenvalue weighted by atomic mass is 19.4. The third-order valence-corrected chi connectivity index (χ3v) is 5.20. The molecule has 0 aliphatic carbocycles. The van der Waals surface area contributed by atoms with Crippen LogP contribution in [0.25, 0.3) is 0 Å². The molecule has 2 amide bonds. The first-order chi connectivity index (χ1) is 10.8. The third-order valence-electron chi connectivity index (χ3n) is 5.20. The molecule has 2 fully saturated rings. The van der Waals surface area contributed by atoms with Crippen LogP contribution < -0.4 is 5.32 Å². The van der Waals surface area contributed by atoms with Gasteiger partial charge in [-0.2, -0.15) is 13.2 Å². The first-order valence-corrected chi connectivity index (χ1v) is 8.22. The number of likely N-dealkylation sites (tertiary alicyclic amines) is 2. The average molecular weight is 337 g/mol. The van der Waals surface area contributed by atoms with Crippen LogP contribution in [-0.2, 0) is 0 Å². The van der Waals surface area contributed by atoms with E-state index in [-0.39, 0.29) is 30.6 Å². The van der Waals surface area contributed by atoms with E-state index < -0.39 is 12.7 Å². The number of hydrogen-bond acceptors (Lipinski definition) is 3. The first-order valence-electron chi connectivity index (χ1n) is 8.22. The molecule has 2 N–H and O–H groups in total. The maximum atomic E-state index is 12.4. The minimum atomic E-state index is -4.19. The lowest BCUT2D eigenvalue weighted by atomic mass is 9.77. The van der Waals surface area contributed by atoms with Gasteiger partial charge >= 0.3 is 12.2 Å². The highest BCUT2D eigenvalue weighted by Crippen LogP contribution is 2.34. The predicted molar refractivity (Wildman–Crippen MR) is 80.0 cm³/mol. The van der Waals surface area contributed by atoms with Gasteiger partial charge in [-0.3, -0.25) is 4.90 Å². The van der Waals surface area contributed by atoms with Gasteiger partial charge in [-0.05, 0) is 31.1 Å². The van der Waals surface area contributed by atoms with Crippen LogP contribution in [0.2, 0.25) is 0 Å². The van der Waals surface area contributed by atoms with Crippen molar-refractivity contribution in [2.24, 2.45) is 5.41 Å². The third kappa shape index (κ3) is 4.97. The molecule has 0 spiro atoms. The molecular formula is C15H26F3N3O2. The number of rotatable bonds is 4. The lowest BCUT2D eigenvalue weighted by molar-refractivity contribution is -0.143. The number of alkyl halides is 3. The molecule has 2 heterocycles. The van der Waals surface area contributed by atoms with Crippen LogP contribution in [0, 0.1) is 5.41 Å². The van der Waals surface area contributed by atoms with E-state index in [4.69, 9.17) is 0 Å². The lowest BCUT2D eigenvalue weighted by Gasteiger charge is -2.40. The molecule has 2 rings (SSSR count). The number of piperidine rings is 1. The van der Waals surface area contributed by atoms with Gasteiger partial charge in [0.1, 0.15) is 0 Å². The molecule has 23 heavy (non-hydrogen) atoms. The number of halogens is 3. The Labute approximate surface area is 134 Å². The monoisotopic (exact) mass is 337 g/mol. The molecule has 0 saturated carbocycles. The van der Waals surface area contributed by atoms with Crippen LogP contribution in [0.5, 0.6) is 0 Å². The summed E-state index contributed by atoms with van der Waals surface area (Å²) >= 11 is 0. The van der Waals surface area contributed by atoms with Gasteiger partial charge in [0.25, 0.3) is 0 Å². The Morgan fingerprint density at radius 2 is 1.96 bits per heavy atom. The summed E-state index contributed by atoms with van der Waals surface area (Å²) in [5.74, 6) is 0. The van der Waals surface area contributed by atoms with Crippen molar-refractivity contribution in [2.45, 2.75) is 44.8 Å². The van der Waals surface area contributed by atoms with Gasteiger partial charge in [0, 0.05) is 38.8 Å². The van der Waals surface area contributed by atoms with E-state index in [9.17, 15) is 23.1 Å². The SMILES string of the molecule is CCC1(CO)CCN(C(=O)NC2CCN(CC(F)(F)F)C2)CC1. The summed E-state index contributed by atoms with van der Waals surface area (Å²) in [6, 6.07) is -0.424. The van der Waals surface area contributed by atoms with Crippen LogP contribution in [0.1, 0.15) is 32.6 Å². The highest BCUT2D eigenvalue weighted by molar-refractivity contribution is 5.74. The van der Waals surface area contributed by atoms with Gasteiger partial charge < -0.3 is 15.3 Å². The summed E-state index contributed by atoms with van der Waals surface area (Å²) < 4.78 is 37.1. The molecule has 134 valence electrons.